The minimum Gasteiger partial charge on any atom is -0.490 e. The molecule has 1 amide bonds. The normalized spacial score (nSPS) is 21.1. The van der Waals surface area contributed by atoms with E-state index in [1.165, 1.54) is 30.5 Å². The fourth-order valence-electron chi connectivity index (χ4n) is 6.29. The molecular weight excluding hydrogens is 634 g/mol. The van der Waals surface area contributed by atoms with Crippen molar-refractivity contribution >= 4 is 34.4 Å². The molecule has 0 spiro atoms. The van der Waals surface area contributed by atoms with Crippen molar-refractivity contribution in [2.24, 2.45) is 0 Å². The summed E-state index contributed by atoms with van der Waals surface area (Å²) < 4.78 is 38.9. The fourth-order valence-corrected chi connectivity index (χ4v) is 6.44. The number of aromatic nitrogens is 4. The van der Waals surface area contributed by atoms with Crippen LogP contribution in [0.2, 0.25) is 5.02 Å². The van der Waals surface area contributed by atoms with Crippen molar-refractivity contribution < 1.29 is 28.5 Å². The van der Waals surface area contributed by atoms with Gasteiger partial charge < -0.3 is 24.7 Å². The summed E-state index contributed by atoms with van der Waals surface area (Å²) >= 11 is 6.13. The summed E-state index contributed by atoms with van der Waals surface area (Å²) in [6.07, 6.45) is -0.471. The van der Waals surface area contributed by atoms with Crippen molar-refractivity contribution in [2.75, 3.05) is 24.6 Å². The number of fused-ring (bicyclic) bond motifs is 5. The Labute approximate surface area is 273 Å². The number of carbonyl (C=O) groups excluding carboxylic acids is 1. The number of ether oxygens (including phenoxy) is 1. The Morgan fingerprint density at radius 1 is 1.15 bits per heavy atom. The molecule has 5 heterocycles. The molecule has 2 aliphatic rings. The maximum atomic E-state index is 16.3. The molecule has 6 rings (SSSR count). The van der Waals surface area contributed by atoms with E-state index in [9.17, 15) is 19.8 Å². The molecule has 0 saturated carbocycles. The summed E-state index contributed by atoms with van der Waals surface area (Å²) in [5.41, 5.74) is -1.26. The zero-order valence-electron chi connectivity index (χ0n) is 26.1. The van der Waals surface area contributed by atoms with Crippen molar-refractivity contribution in [1.82, 2.24) is 24.4 Å². The van der Waals surface area contributed by atoms with Crippen LogP contribution in [0.1, 0.15) is 51.0 Å². The Hall–Kier alpha value is -4.46. The molecule has 2 N–H and O–H groups in total. The summed E-state index contributed by atoms with van der Waals surface area (Å²) in [6.45, 7) is 10.9. The van der Waals surface area contributed by atoms with Crippen LogP contribution in [-0.2, 0) is 4.79 Å². The summed E-state index contributed by atoms with van der Waals surface area (Å²) in [6, 6.07) is 4.43. The Bertz CT molecular complexity index is 1990. The van der Waals surface area contributed by atoms with Crippen LogP contribution in [0.25, 0.3) is 28.0 Å². The van der Waals surface area contributed by atoms with Crippen LogP contribution < -0.4 is 15.3 Å². The predicted molar refractivity (Wildman–Crippen MR) is 172 cm³/mol. The number of amides is 1. The lowest BCUT2D eigenvalue weighted by Gasteiger charge is -2.44. The number of halogens is 3. The van der Waals surface area contributed by atoms with Crippen molar-refractivity contribution in [2.45, 2.75) is 57.9 Å². The second kappa shape index (κ2) is 12.3. The second-order valence-corrected chi connectivity index (χ2v) is 12.5. The zero-order chi connectivity index (χ0) is 33.9. The van der Waals surface area contributed by atoms with Gasteiger partial charge in [-0.1, -0.05) is 32.0 Å². The maximum absolute atomic E-state index is 16.3. The summed E-state index contributed by atoms with van der Waals surface area (Å²) in [5, 5.41) is 22.3. The van der Waals surface area contributed by atoms with Crippen LogP contribution >= 0.6 is 11.6 Å². The Morgan fingerprint density at radius 2 is 1.89 bits per heavy atom. The predicted octanol–water partition coefficient (Wildman–Crippen LogP) is 4.30. The number of rotatable bonds is 3. The number of aliphatic hydroxyl groups excluding tert-OH is 2. The number of hydrogen-bond acceptors (Lipinski definition) is 9. The molecule has 4 aromatic rings. The van der Waals surface area contributed by atoms with E-state index in [1.807, 2.05) is 27.7 Å². The van der Waals surface area contributed by atoms with E-state index >= 15 is 8.78 Å². The van der Waals surface area contributed by atoms with Crippen LogP contribution in [0.15, 0.2) is 47.9 Å². The molecule has 14 heteroatoms. The molecular formula is C33H33ClF2N6O5. The highest BCUT2D eigenvalue weighted by molar-refractivity contribution is 6.31. The van der Waals surface area contributed by atoms with E-state index in [2.05, 4.69) is 21.5 Å². The quantitative estimate of drug-likeness (QED) is 0.307. The Morgan fingerprint density at radius 3 is 2.60 bits per heavy atom. The number of piperazine rings is 1. The van der Waals surface area contributed by atoms with Gasteiger partial charge in [-0.2, -0.15) is 4.98 Å². The molecule has 1 aromatic carbocycles. The number of benzene rings is 1. The van der Waals surface area contributed by atoms with E-state index in [0.717, 1.165) is 10.6 Å². The Kier molecular flexibility index (Phi) is 8.49. The van der Waals surface area contributed by atoms with Crippen molar-refractivity contribution in [3.63, 3.8) is 0 Å². The van der Waals surface area contributed by atoms with E-state index in [-0.39, 0.29) is 75.9 Å². The average molecular weight is 667 g/mol. The van der Waals surface area contributed by atoms with Crippen LogP contribution in [-0.4, -0.2) is 78.4 Å². The first-order chi connectivity index (χ1) is 22.3. The maximum Gasteiger partial charge on any atom is 0.355 e. The first kappa shape index (κ1) is 32.5. The highest BCUT2D eigenvalue weighted by Crippen LogP contribution is 2.41. The van der Waals surface area contributed by atoms with Gasteiger partial charge in [0.25, 0.3) is 0 Å². The molecule has 3 aromatic heterocycles. The van der Waals surface area contributed by atoms with Gasteiger partial charge in [0.15, 0.2) is 17.3 Å². The van der Waals surface area contributed by atoms with Gasteiger partial charge in [-0.15, -0.1) is 0 Å². The van der Waals surface area contributed by atoms with Gasteiger partial charge in [0.2, 0.25) is 5.91 Å². The van der Waals surface area contributed by atoms with Gasteiger partial charge in [-0.05, 0) is 50.1 Å². The topological polar surface area (TPSA) is 134 Å². The number of anilines is 1. The third-order valence-corrected chi connectivity index (χ3v) is 8.95. The molecule has 2 unspecified atom stereocenters. The molecule has 1 saturated heterocycles. The van der Waals surface area contributed by atoms with Gasteiger partial charge >= 0.3 is 5.69 Å². The molecule has 246 valence electrons. The lowest BCUT2D eigenvalue weighted by Crippen LogP contribution is -2.58. The van der Waals surface area contributed by atoms with Gasteiger partial charge in [-0.3, -0.25) is 9.78 Å². The van der Waals surface area contributed by atoms with Crippen LogP contribution in [0.5, 0.6) is 5.75 Å². The van der Waals surface area contributed by atoms with Crippen LogP contribution in [0, 0.1) is 11.6 Å². The number of carbonyl (C=O) groups is 1. The molecule has 0 aliphatic carbocycles. The van der Waals surface area contributed by atoms with Gasteiger partial charge in [0, 0.05) is 36.9 Å². The third-order valence-electron chi connectivity index (χ3n) is 8.66. The van der Waals surface area contributed by atoms with Gasteiger partial charge in [0.05, 0.1) is 27.4 Å². The molecule has 2 bridgehead atoms. The van der Waals surface area contributed by atoms with E-state index in [4.69, 9.17) is 16.3 Å². The Balaban J connectivity index is 1.73. The van der Waals surface area contributed by atoms with E-state index in [0.29, 0.717) is 5.69 Å². The average Bonchev–Trinajstić information content (AvgIpc) is 3.04. The third kappa shape index (κ3) is 5.41. The number of aliphatic hydroxyl groups is 2. The van der Waals surface area contributed by atoms with Crippen molar-refractivity contribution in [3.05, 3.63) is 81.5 Å². The van der Waals surface area contributed by atoms with Crippen LogP contribution in [0.3, 0.4) is 0 Å². The monoisotopic (exact) mass is 666 g/mol. The van der Waals surface area contributed by atoms with Gasteiger partial charge in [0.1, 0.15) is 36.1 Å². The lowest BCUT2D eigenvalue weighted by molar-refractivity contribution is -0.128. The highest BCUT2D eigenvalue weighted by Gasteiger charge is 2.36. The molecule has 11 nitrogen and oxygen atoms in total. The first-order valence-electron chi connectivity index (χ1n) is 15.1. The fraction of sp³-hybridized carbons (Fsp3) is 0.364. The minimum atomic E-state index is -1.59. The molecule has 1 fully saturated rings. The number of hydrogen-bond donors (Lipinski definition) is 2. The molecule has 0 radical (unpaired) electrons. The SMILES string of the molecule is C=CC(=O)N1C[C@H](C)N(c2nc(=O)n3c4nc(c(F)cc24)-c2c(ccc(Cl)c2F)OCC(O)C(O)c2ccnc(C(C)C)c2-3)C[C@H]1C. The van der Waals surface area contributed by atoms with Gasteiger partial charge in [-0.25, -0.2) is 23.1 Å². The standard InChI is InChI=1S/C33H33ClF2N6O5/c1-6-24(44)40-12-17(5)41(13-16(40)4)31-19-11-21(35)28-25-23(8-7-20(34)26(25)36)47-14-22(43)30(45)18-9-10-37-27(15(2)3)29(18)42(32(19)38-28)33(46)39-31/h6-11,15-17,22,30,43,45H,1,12-14H2,2-5H3/t16-,17+,22?,30?/m1/s1. The zero-order valence-corrected chi connectivity index (χ0v) is 26.9. The second-order valence-electron chi connectivity index (χ2n) is 12.1. The molecule has 47 heavy (non-hydrogen) atoms. The van der Waals surface area contributed by atoms with E-state index < -0.39 is 47.4 Å². The smallest absolute Gasteiger partial charge is 0.355 e. The molecule has 4 atom stereocenters. The number of pyridine rings is 2. The van der Waals surface area contributed by atoms with Crippen LogP contribution in [0.4, 0.5) is 14.6 Å². The summed E-state index contributed by atoms with van der Waals surface area (Å²) in [7, 11) is 0. The minimum absolute atomic E-state index is 0.100. The molecule has 2 aliphatic heterocycles. The van der Waals surface area contributed by atoms with E-state index in [1.54, 1.807) is 9.80 Å². The van der Waals surface area contributed by atoms with Crippen molar-refractivity contribution in [3.8, 4) is 22.7 Å². The summed E-state index contributed by atoms with van der Waals surface area (Å²) in [5.74, 6) is -2.60. The van der Waals surface area contributed by atoms with Crippen molar-refractivity contribution in [1.29, 1.82) is 0 Å². The lowest BCUT2D eigenvalue weighted by atomic mass is 9.97. The highest BCUT2D eigenvalue weighted by atomic mass is 35.5. The number of nitrogens with zero attached hydrogens (tertiary/aromatic N) is 6. The largest absolute Gasteiger partial charge is 0.490 e. The first-order valence-corrected chi connectivity index (χ1v) is 15.5. The summed E-state index contributed by atoms with van der Waals surface area (Å²) in [4.78, 5) is 43.8.